The highest BCUT2D eigenvalue weighted by Gasteiger charge is 2.27. The summed E-state index contributed by atoms with van der Waals surface area (Å²) < 4.78 is 5.26. The first-order valence-electron chi connectivity index (χ1n) is 8.51. The lowest BCUT2D eigenvalue weighted by Gasteiger charge is -2.34. The third-order valence-electron chi connectivity index (χ3n) is 4.43. The van der Waals surface area contributed by atoms with E-state index in [9.17, 15) is 14.4 Å². The van der Waals surface area contributed by atoms with Crippen LogP contribution in [0, 0.1) is 25.7 Å². The first-order valence-corrected chi connectivity index (χ1v) is 9.33. The summed E-state index contributed by atoms with van der Waals surface area (Å²) >= 11 is 1.33. The van der Waals surface area contributed by atoms with Crippen LogP contribution >= 0.6 is 11.3 Å². The molecule has 2 heterocycles. The van der Waals surface area contributed by atoms with Crippen LogP contribution in [0.3, 0.4) is 0 Å². The number of nitrogens with zero attached hydrogens (tertiary/aromatic N) is 1. The predicted molar refractivity (Wildman–Crippen MR) is 97.9 cm³/mol. The van der Waals surface area contributed by atoms with E-state index in [1.54, 1.807) is 4.90 Å². The molecule has 0 bridgehead atoms. The van der Waals surface area contributed by atoms with Crippen LogP contribution in [0.2, 0.25) is 0 Å². The molecule has 138 valence electrons. The predicted octanol–water partition coefficient (Wildman–Crippen LogP) is 2.98. The molecular weight excluding hydrogens is 340 g/mol. The Morgan fingerprint density at radius 1 is 1.20 bits per heavy atom. The summed E-state index contributed by atoms with van der Waals surface area (Å²) in [5.41, 5.74) is 1.11. The molecule has 0 radical (unpaired) electrons. The number of hydrogen-bond donors (Lipinski definition) is 1. The number of likely N-dealkylation sites (tertiary alicyclic amines) is 1. The van der Waals surface area contributed by atoms with Gasteiger partial charge in [-0.1, -0.05) is 13.8 Å². The number of nitrogens with one attached hydrogen (secondary N) is 1. The number of hydrogen-bond acceptors (Lipinski definition) is 5. The SMILES string of the molecule is CC(=O)Nc1sc(C)c(C)c1C(=O)OCC(=O)N1C[C@@H](C)C[C@H](C)C1. The van der Waals surface area contributed by atoms with Gasteiger partial charge in [0.2, 0.25) is 5.91 Å². The maximum absolute atomic E-state index is 12.5. The minimum absolute atomic E-state index is 0.169. The number of carbonyl (C=O) groups excluding carboxylic acids is 3. The summed E-state index contributed by atoms with van der Waals surface area (Å²) in [4.78, 5) is 38.8. The van der Waals surface area contributed by atoms with E-state index in [1.165, 1.54) is 18.3 Å². The Morgan fingerprint density at radius 2 is 1.80 bits per heavy atom. The molecule has 1 aliphatic heterocycles. The van der Waals surface area contributed by atoms with Crippen molar-refractivity contribution in [3.05, 3.63) is 16.0 Å². The quantitative estimate of drug-likeness (QED) is 0.831. The Balaban J connectivity index is 2.03. The third kappa shape index (κ3) is 4.81. The van der Waals surface area contributed by atoms with E-state index < -0.39 is 5.97 Å². The highest BCUT2D eigenvalue weighted by atomic mass is 32.1. The molecule has 1 N–H and O–H groups in total. The fourth-order valence-electron chi connectivity index (χ4n) is 3.28. The van der Waals surface area contributed by atoms with Crippen molar-refractivity contribution in [2.75, 3.05) is 25.0 Å². The summed E-state index contributed by atoms with van der Waals surface area (Å²) in [5.74, 6) is -0.0785. The molecule has 0 spiro atoms. The number of esters is 1. The largest absolute Gasteiger partial charge is 0.452 e. The lowest BCUT2D eigenvalue weighted by molar-refractivity contribution is -0.137. The lowest BCUT2D eigenvalue weighted by atomic mass is 9.92. The molecule has 1 fully saturated rings. The van der Waals surface area contributed by atoms with E-state index >= 15 is 0 Å². The topological polar surface area (TPSA) is 75.7 Å². The normalized spacial score (nSPS) is 20.3. The second kappa shape index (κ2) is 7.99. The number of ether oxygens (including phenoxy) is 1. The van der Waals surface area contributed by atoms with E-state index in [4.69, 9.17) is 4.74 Å². The van der Waals surface area contributed by atoms with Gasteiger partial charge in [-0.2, -0.15) is 0 Å². The fourth-order valence-corrected chi connectivity index (χ4v) is 4.37. The van der Waals surface area contributed by atoms with E-state index in [-0.39, 0.29) is 18.4 Å². The maximum Gasteiger partial charge on any atom is 0.341 e. The van der Waals surface area contributed by atoms with Gasteiger partial charge in [-0.3, -0.25) is 9.59 Å². The molecule has 1 aromatic heterocycles. The number of carbonyl (C=O) groups is 3. The second-order valence-corrected chi connectivity index (χ2v) is 8.21. The monoisotopic (exact) mass is 366 g/mol. The Kier molecular flexibility index (Phi) is 6.21. The van der Waals surface area contributed by atoms with Gasteiger partial charge >= 0.3 is 5.97 Å². The van der Waals surface area contributed by atoms with Crippen molar-refractivity contribution < 1.29 is 19.1 Å². The molecule has 1 aromatic rings. The van der Waals surface area contributed by atoms with Gasteiger partial charge in [-0.25, -0.2) is 4.79 Å². The number of rotatable bonds is 4. The van der Waals surface area contributed by atoms with Crippen LogP contribution in [0.1, 0.15) is 48.0 Å². The average Bonchev–Trinajstić information content (AvgIpc) is 2.77. The smallest absolute Gasteiger partial charge is 0.341 e. The number of anilines is 1. The molecule has 1 aliphatic rings. The molecule has 1 saturated heterocycles. The number of thiophene rings is 1. The molecule has 7 heteroatoms. The third-order valence-corrected chi connectivity index (χ3v) is 5.55. The van der Waals surface area contributed by atoms with Crippen molar-refractivity contribution in [2.45, 2.75) is 41.0 Å². The van der Waals surface area contributed by atoms with Gasteiger partial charge in [0.25, 0.3) is 5.91 Å². The number of amides is 2. The van der Waals surface area contributed by atoms with Crippen LogP contribution in [-0.2, 0) is 14.3 Å². The van der Waals surface area contributed by atoms with Crippen LogP contribution < -0.4 is 5.32 Å². The molecule has 0 unspecified atom stereocenters. The van der Waals surface area contributed by atoms with E-state index in [1.807, 2.05) is 13.8 Å². The Bertz CT molecular complexity index is 673. The van der Waals surface area contributed by atoms with E-state index in [0.29, 0.717) is 35.5 Å². The van der Waals surface area contributed by atoms with Gasteiger partial charge in [-0.05, 0) is 37.7 Å². The van der Waals surface area contributed by atoms with Crippen LogP contribution in [-0.4, -0.2) is 42.4 Å². The molecular formula is C18H26N2O4S. The van der Waals surface area contributed by atoms with Gasteiger partial charge in [0, 0.05) is 24.9 Å². The van der Waals surface area contributed by atoms with E-state index in [2.05, 4.69) is 19.2 Å². The average molecular weight is 366 g/mol. The van der Waals surface area contributed by atoms with Crippen molar-refractivity contribution in [2.24, 2.45) is 11.8 Å². The molecule has 0 aromatic carbocycles. The van der Waals surface area contributed by atoms with Crippen molar-refractivity contribution in [1.82, 2.24) is 4.90 Å². The van der Waals surface area contributed by atoms with Crippen molar-refractivity contribution in [3.8, 4) is 0 Å². The Morgan fingerprint density at radius 3 is 2.36 bits per heavy atom. The van der Waals surface area contributed by atoms with E-state index in [0.717, 1.165) is 16.9 Å². The minimum Gasteiger partial charge on any atom is -0.452 e. The fraction of sp³-hybridized carbons (Fsp3) is 0.611. The van der Waals surface area contributed by atoms with Crippen molar-refractivity contribution >= 4 is 34.1 Å². The van der Waals surface area contributed by atoms with Gasteiger partial charge in [-0.15, -0.1) is 11.3 Å². The van der Waals surface area contributed by atoms with Gasteiger partial charge in [0.05, 0.1) is 5.56 Å². The lowest BCUT2D eigenvalue weighted by Crippen LogP contribution is -2.44. The van der Waals surface area contributed by atoms with Gasteiger partial charge in [0.15, 0.2) is 6.61 Å². The van der Waals surface area contributed by atoms with Crippen molar-refractivity contribution in [3.63, 3.8) is 0 Å². The van der Waals surface area contributed by atoms with Crippen LogP contribution in [0.15, 0.2) is 0 Å². The first-order chi connectivity index (χ1) is 11.7. The highest BCUT2D eigenvalue weighted by molar-refractivity contribution is 7.16. The molecule has 6 nitrogen and oxygen atoms in total. The zero-order valence-corrected chi connectivity index (χ0v) is 16.3. The summed E-state index contributed by atoms with van der Waals surface area (Å²) in [6, 6.07) is 0. The zero-order chi connectivity index (χ0) is 18.7. The molecule has 2 atom stereocenters. The minimum atomic E-state index is -0.572. The molecule has 0 saturated carbocycles. The first kappa shape index (κ1) is 19.4. The van der Waals surface area contributed by atoms with Gasteiger partial charge in [0.1, 0.15) is 5.00 Å². The zero-order valence-electron chi connectivity index (χ0n) is 15.5. The maximum atomic E-state index is 12.5. The summed E-state index contributed by atoms with van der Waals surface area (Å²) in [7, 11) is 0. The number of aryl methyl sites for hydroxylation is 1. The standard InChI is InChI=1S/C18H26N2O4S/c1-10-6-11(2)8-20(7-10)15(22)9-24-18(23)16-12(3)13(4)25-17(16)19-14(5)21/h10-11H,6-9H2,1-5H3,(H,19,21)/t10-,11-/m0/s1. The van der Waals surface area contributed by atoms with Gasteiger partial charge < -0.3 is 15.0 Å². The van der Waals surface area contributed by atoms with Crippen LogP contribution in [0.5, 0.6) is 0 Å². The summed E-state index contributed by atoms with van der Waals surface area (Å²) in [6.45, 7) is 10.5. The van der Waals surface area contributed by atoms with Crippen LogP contribution in [0.4, 0.5) is 5.00 Å². The molecule has 0 aliphatic carbocycles. The highest BCUT2D eigenvalue weighted by Crippen LogP contribution is 2.33. The molecule has 25 heavy (non-hydrogen) atoms. The molecule has 2 amide bonds. The molecule has 2 rings (SSSR count). The Hall–Kier alpha value is -1.89. The number of piperidine rings is 1. The van der Waals surface area contributed by atoms with Crippen molar-refractivity contribution in [1.29, 1.82) is 0 Å². The summed E-state index contributed by atoms with van der Waals surface area (Å²) in [6.07, 6.45) is 1.11. The summed E-state index contributed by atoms with van der Waals surface area (Å²) in [5, 5.41) is 3.13. The Labute approximate surface area is 152 Å². The second-order valence-electron chi connectivity index (χ2n) is 6.99. The van der Waals surface area contributed by atoms with Crippen LogP contribution in [0.25, 0.3) is 0 Å².